The van der Waals surface area contributed by atoms with Crippen molar-refractivity contribution in [3.63, 3.8) is 0 Å². The van der Waals surface area contributed by atoms with Gasteiger partial charge in [-0.05, 0) is 72.8 Å². The molecule has 5 heterocycles. The summed E-state index contributed by atoms with van der Waals surface area (Å²) in [6, 6.07) is 88.9. The Hall–Kier alpha value is -10.6. The Morgan fingerprint density at radius 1 is 0.213 bits per heavy atom. The Morgan fingerprint density at radius 2 is 0.453 bits per heavy atom. The number of para-hydroxylation sites is 9. The first kappa shape index (κ1) is 41.1. The van der Waals surface area contributed by atoms with Crippen LogP contribution in [0.1, 0.15) is 11.1 Å². The lowest BCUT2D eigenvalue weighted by molar-refractivity contribution is 1.02. The molecule has 346 valence electrons. The van der Waals surface area contributed by atoms with Gasteiger partial charge in [-0.25, -0.2) is 0 Å². The highest BCUT2D eigenvalue weighted by atomic mass is 15.1. The topological polar surface area (TPSA) is 72.2 Å². The van der Waals surface area contributed by atoms with Gasteiger partial charge in [0.2, 0.25) is 0 Å². The summed E-state index contributed by atoms with van der Waals surface area (Å²) in [6.45, 7) is 0. The van der Waals surface area contributed by atoms with E-state index in [0.717, 1.165) is 115 Å². The van der Waals surface area contributed by atoms with Crippen molar-refractivity contribution in [2.45, 2.75) is 0 Å². The van der Waals surface area contributed by atoms with Crippen LogP contribution in [0.25, 0.3) is 137 Å². The summed E-state index contributed by atoms with van der Waals surface area (Å²) in [5.41, 5.74) is 14.0. The predicted molar refractivity (Wildman–Crippen MR) is 308 cm³/mol. The standard InChI is InChI=1S/C68H39N7/c69-40-53-65(72-56-31-13-4-22-43(56)44-23-5-14-32-57(44)72)54(41-70)67(75-62-37-19-11-29-50(62)52-38-63-51(39-64(52)75)49-28-10-12-30-55(49)71(63)42-20-2-1-3-21-42)68(74-60-35-17-8-26-47(60)48-27-9-18-36-61(48)74)66(53)73-58-33-15-6-24-45(58)46-25-7-16-34-59(46)73/h1-39H. The van der Waals surface area contributed by atoms with Crippen molar-refractivity contribution in [2.24, 2.45) is 0 Å². The van der Waals surface area contributed by atoms with Crippen molar-refractivity contribution in [1.82, 2.24) is 22.8 Å². The first-order valence-electron chi connectivity index (χ1n) is 25.2. The Kier molecular flexibility index (Phi) is 8.46. The van der Waals surface area contributed by atoms with Crippen LogP contribution in [0, 0.1) is 22.7 Å². The zero-order valence-corrected chi connectivity index (χ0v) is 40.1. The van der Waals surface area contributed by atoms with Gasteiger partial charge in [0, 0.05) is 59.5 Å². The number of benzene rings is 11. The lowest BCUT2D eigenvalue weighted by Crippen LogP contribution is -2.16. The Bertz CT molecular complexity index is 5060. The highest BCUT2D eigenvalue weighted by Gasteiger charge is 2.35. The maximum absolute atomic E-state index is 12.6. The number of fused-ring (bicyclic) bond motifs is 15. The molecule has 0 aliphatic heterocycles. The zero-order valence-electron chi connectivity index (χ0n) is 40.1. The van der Waals surface area contributed by atoms with E-state index in [0.29, 0.717) is 33.9 Å². The van der Waals surface area contributed by atoms with Gasteiger partial charge in [0.15, 0.2) is 0 Å². The number of hydrogen-bond acceptors (Lipinski definition) is 2. The van der Waals surface area contributed by atoms with Crippen LogP contribution in [0.2, 0.25) is 0 Å². The molecule has 16 aromatic rings. The monoisotopic (exact) mass is 953 g/mol. The number of hydrogen-bond donors (Lipinski definition) is 0. The molecule has 16 rings (SSSR count). The third-order valence-electron chi connectivity index (χ3n) is 15.7. The number of aromatic nitrogens is 5. The van der Waals surface area contributed by atoms with E-state index in [1.165, 1.54) is 0 Å². The van der Waals surface area contributed by atoms with Crippen LogP contribution in [0.5, 0.6) is 0 Å². The van der Waals surface area contributed by atoms with Gasteiger partial charge in [-0.2, -0.15) is 10.5 Å². The molecule has 0 aliphatic carbocycles. The second-order valence-electron chi connectivity index (χ2n) is 19.4. The van der Waals surface area contributed by atoms with E-state index < -0.39 is 0 Å². The molecule has 0 saturated heterocycles. The zero-order chi connectivity index (χ0) is 49.5. The van der Waals surface area contributed by atoms with Crippen LogP contribution >= 0.6 is 0 Å². The van der Waals surface area contributed by atoms with Crippen LogP contribution < -0.4 is 0 Å². The van der Waals surface area contributed by atoms with Crippen molar-refractivity contribution >= 4 is 109 Å². The maximum atomic E-state index is 12.6. The number of nitriles is 2. The Labute approximate surface area is 428 Å². The van der Waals surface area contributed by atoms with Gasteiger partial charge < -0.3 is 22.8 Å². The normalized spacial score (nSPS) is 12.0. The summed E-state index contributed by atoms with van der Waals surface area (Å²) in [7, 11) is 0. The molecule has 0 saturated carbocycles. The molecule has 0 fully saturated rings. The molecule has 11 aromatic carbocycles. The van der Waals surface area contributed by atoms with E-state index in [4.69, 9.17) is 0 Å². The summed E-state index contributed by atoms with van der Waals surface area (Å²) in [6.07, 6.45) is 0. The fraction of sp³-hybridized carbons (Fsp3) is 0. The molecule has 5 aromatic heterocycles. The number of rotatable bonds is 5. The predicted octanol–water partition coefficient (Wildman–Crippen LogP) is 16.9. The van der Waals surface area contributed by atoms with E-state index in [2.05, 4.69) is 259 Å². The molecule has 0 amide bonds. The second kappa shape index (κ2) is 15.5. The van der Waals surface area contributed by atoms with Gasteiger partial charge in [0.25, 0.3) is 0 Å². The molecule has 0 atom stereocenters. The molecule has 0 radical (unpaired) electrons. The van der Waals surface area contributed by atoms with E-state index in [1.807, 2.05) is 12.1 Å². The minimum Gasteiger partial charge on any atom is -0.309 e. The largest absolute Gasteiger partial charge is 0.309 e. The van der Waals surface area contributed by atoms with Crippen molar-refractivity contribution in [3.05, 3.63) is 248 Å². The van der Waals surface area contributed by atoms with Crippen molar-refractivity contribution in [3.8, 4) is 40.6 Å². The van der Waals surface area contributed by atoms with E-state index in [-0.39, 0.29) is 0 Å². The van der Waals surface area contributed by atoms with Gasteiger partial charge >= 0.3 is 0 Å². The highest BCUT2D eigenvalue weighted by molar-refractivity contribution is 6.20. The molecule has 0 N–H and O–H groups in total. The average Bonchev–Trinajstić information content (AvgIpc) is 4.37. The Morgan fingerprint density at radius 3 is 0.787 bits per heavy atom. The van der Waals surface area contributed by atoms with E-state index in [1.54, 1.807) is 0 Å². The fourth-order valence-corrected chi connectivity index (χ4v) is 12.8. The maximum Gasteiger partial charge on any atom is 0.104 e. The molecule has 0 aliphatic rings. The second-order valence-corrected chi connectivity index (χ2v) is 19.4. The highest BCUT2D eigenvalue weighted by Crippen LogP contribution is 2.49. The SMILES string of the molecule is N#Cc1c(-n2c3ccccc3c3ccccc32)c(C#N)c(-n2c3ccccc3c3cc4c(cc32)c2ccccc2n4-c2ccccc2)c(-n2c3ccccc3c3ccccc32)c1-n1c2ccccc2c2ccccc21. The molecule has 0 bridgehead atoms. The lowest BCUT2D eigenvalue weighted by atomic mass is 9.98. The minimum atomic E-state index is 0.369. The van der Waals surface area contributed by atoms with Gasteiger partial charge in [-0.15, -0.1) is 0 Å². The van der Waals surface area contributed by atoms with E-state index >= 15 is 0 Å². The fourth-order valence-electron chi connectivity index (χ4n) is 12.8. The van der Waals surface area contributed by atoms with Crippen molar-refractivity contribution in [1.29, 1.82) is 10.5 Å². The van der Waals surface area contributed by atoms with Gasteiger partial charge in [0.05, 0.1) is 77.9 Å². The first-order valence-corrected chi connectivity index (χ1v) is 25.2. The smallest absolute Gasteiger partial charge is 0.104 e. The molecule has 0 unspecified atom stereocenters. The molecule has 7 heteroatoms. The molecule has 0 spiro atoms. The average molecular weight is 954 g/mol. The summed E-state index contributed by atoms with van der Waals surface area (Å²) >= 11 is 0. The quantitative estimate of drug-likeness (QED) is 0.172. The van der Waals surface area contributed by atoms with E-state index in [9.17, 15) is 10.5 Å². The van der Waals surface area contributed by atoms with Crippen LogP contribution in [0.4, 0.5) is 0 Å². The first-order chi connectivity index (χ1) is 37.2. The third kappa shape index (κ3) is 5.45. The third-order valence-corrected chi connectivity index (χ3v) is 15.7. The van der Waals surface area contributed by atoms with Crippen LogP contribution in [-0.2, 0) is 0 Å². The van der Waals surface area contributed by atoms with Crippen LogP contribution in [0.15, 0.2) is 237 Å². The molecular weight excluding hydrogens is 915 g/mol. The summed E-state index contributed by atoms with van der Waals surface area (Å²) in [5, 5.41) is 35.6. The summed E-state index contributed by atoms with van der Waals surface area (Å²) in [5.74, 6) is 0. The molecule has 7 nitrogen and oxygen atoms in total. The lowest BCUT2D eigenvalue weighted by Gasteiger charge is -2.27. The van der Waals surface area contributed by atoms with Crippen LogP contribution in [-0.4, -0.2) is 22.8 Å². The van der Waals surface area contributed by atoms with Crippen molar-refractivity contribution in [2.75, 3.05) is 0 Å². The van der Waals surface area contributed by atoms with Gasteiger partial charge in [-0.3, -0.25) is 0 Å². The summed E-state index contributed by atoms with van der Waals surface area (Å²) < 4.78 is 11.5. The van der Waals surface area contributed by atoms with Gasteiger partial charge in [-0.1, -0.05) is 164 Å². The minimum absolute atomic E-state index is 0.369. The molecule has 75 heavy (non-hydrogen) atoms. The summed E-state index contributed by atoms with van der Waals surface area (Å²) in [4.78, 5) is 0. The van der Waals surface area contributed by atoms with Crippen LogP contribution in [0.3, 0.4) is 0 Å². The Balaban J connectivity index is 1.22. The number of nitrogens with zero attached hydrogens (tertiary/aromatic N) is 7. The van der Waals surface area contributed by atoms with Crippen molar-refractivity contribution < 1.29 is 0 Å². The van der Waals surface area contributed by atoms with Gasteiger partial charge in [0.1, 0.15) is 23.3 Å². The molecular formula is C68H39N7.